The number of nitrogens with one attached hydrogen (secondary N) is 1. The molecule has 2 rings (SSSR count). The molecule has 106 valence electrons. The van der Waals surface area contributed by atoms with Crippen LogP contribution in [0.15, 0.2) is 35.7 Å². The van der Waals surface area contributed by atoms with Crippen LogP contribution >= 0.6 is 11.3 Å². The molecule has 1 heterocycles. The van der Waals surface area contributed by atoms with E-state index in [-0.39, 0.29) is 5.91 Å². The minimum atomic E-state index is -0.0455. The maximum Gasteiger partial charge on any atom is 0.261 e. The molecule has 1 N–H and O–H groups in total. The van der Waals surface area contributed by atoms with Crippen LogP contribution in [0.1, 0.15) is 15.2 Å². The molecule has 0 bridgehead atoms. The van der Waals surface area contributed by atoms with Crippen molar-refractivity contribution >= 4 is 17.2 Å². The summed E-state index contributed by atoms with van der Waals surface area (Å²) in [5.74, 6) is 1.50. The molecule has 20 heavy (non-hydrogen) atoms. The van der Waals surface area contributed by atoms with E-state index in [0.717, 1.165) is 21.9 Å². The van der Waals surface area contributed by atoms with Gasteiger partial charge in [0.05, 0.1) is 18.5 Å². The first-order chi connectivity index (χ1) is 9.70. The quantitative estimate of drug-likeness (QED) is 0.833. The molecule has 2 aromatic rings. The zero-order valence-corrected chi connectivity index (χ0v) is 12.3. The minimum Gasteiger partial charge on any atom is -0.497 e. The van der Waals surface area contributed by atoms with E-state index in [1.165, 1.54) is 11.3 Å². The van der Waals surface area contributed by atoms with Crippen LogP contribution in [0, 0.1) is 6.92 Å². The number of thiophene rings is 1. The van der Waals surface area contributed by atoms with Crippen LogP contribution in [0.5, 0.6) is 11.5 Å². The molecule has 1 aromatic heterocycles. The highest BCUT2D eigenvalue weighted by atomic mass is 32.1. The van der Waals surface area contributed by atoms with Gasteiger partial charge < -0.3 is 14.8 Å². The lowest BCUT2D eigenvalue weighted by Gasteiger charge is -2.08. The number of carbonyl (C=O) groups excluding carboxylic acids is 1. The molecular formula is C15H17NO3S. The van der Waals surface area contributed by atoms with E-state index in [2.05, 4.69) is 5.32 Å². The summed E-state index contributed by atoms with van der Waals surface area (Å²) in [4.78, 5) is 12.6. The van der Waals surface area contributed by atoms with Gasteiger partial charge in [0.1, 0.15) is 18.1 Å². The van der Waals surface area contributed by atoms with E-state index in [1.54, 1.807) is 7.11 Å². The Morgan fingerprint density at radius 3 is 2.50 bits per heavy atom. The number of rotatable bonds is 6. The van der Waals surface area contributed by atoms with Crippen molar-refractivity contribution in [3.8, 4) is 11.5 Å². The van der Waals surface area contributed by atoms with Gasteiger partial charge in [0.25, 0.3) is 5.91 Å². The smallest absolute Gasteiger partial charge is 0.261 e. The molecule has 0 aliphatic carbocycles. The van der Waals surface area contributed by atoms with Crippen LogP contribution in [0.3, 0.4) is 0 Å². The van der Waals surface area contributed by atoms with Crippen molar-refractivity contribution in [3.05, 3.63) is 46.2 Å². The Kier molecular flexibility index (Phi) is 5.01. The van der Waals surface area contributed by atoms with E-state index >= 15 is 0 Å². The van der Waals surface area contributed by atoms with Crippen molar-refractivity contribution in [2.45, 2.75) is 6.92 Å². The van der Waals surface area contributed by atoms with Crippen molar-refractivity contribution in [3.63, 3.8) is 0 Å². The molecule has 0 aliphatic rings. The lowest BCUT2D eigenvalue weighted by molar-refractivity contribution is 0.0950. The number of hydrogen-bond donors (Lipinski definition) is 1. The number of aryl methyl sites for hydroxylation is 1. The fourth-order valence-electron chi connectivity index (χ4n) is 1.69. The van der Waals surface area contributed by atoms with Gasteiger partial charge in [0.2, 0.25) is 0 Å². The predicted octanol–water partition coefficient (Wildman–Crippen LogP) is 2.87. The zero-order chi connectivity index (χ0) is 14.4. The van der Waals surface area contributed by atoms with Crippen LogP contribution in [0.4, 0.5) is 0 Å². The summed E-state index contributed by atoms with van der Waals surface area (Å²) in [5, 5.41) is 4.76. The van der Waals surface area contributed by atoms with E-state index in [1.807, 2.05) is 42.6 Å². The molecular weight excluding hydrogens is 274 g/mol. The molecule has 0 spiro atoms. The van der Waals surface area contributed by atoms with Crippen LogP contribution < -0.4 is 14.8 Å². The van der Waals surface area contributed by atoms with Gasteiger partial charge in [0.15, 0.2) is 0 Å². The Morgan fingerprint density at radius 1 is 1.20 bits per heavy atom. The third kappa shape index (κ3) is 3.74. The first kappa shape index (κ1) is 14.4. The Morgan fingerprint density at radius 2 is 1.90 bits per heavy atom. The highest BCUT2D eigenvalue weighted by molar-refractivity contribution is 7.12. The first-order valence-electron chi connectivity index (χ1n) is 6.30. The van der Waals surface area contributed by atoms with Crippen molar-refractivity contribution < 1.29 is 14.3 Å². The SMILES string of the molecule is COc1ccc(OCCNC(=O)c2sccc2C)cc1. The van der Waals surface area contributed by atoms with Crippen molar-refractivity contribution in [1.29, 1.82) is 0 Å². The molecule has 4 nitrogen and oxygen atoms in total. The molecule has 5 heteroatoms. The summed E-state index contributed by atoms with van der Waals surface area (Å²) in [6.07, 6.45) is 0. The first-order valence-corrected chi connectivity index (χ1v) is 7.18. The van der Waals surface area contributed by atoms with Crippen LogP contribution in [0.25, 0.3) is 0 Å². The van der Waals surface area contributed by atoms with E-state index in [9.17, 15) is 4.79 Å². The molecule has 0 unspecified atom stereocenters. The summed E-state index contributed by atoms with van der Waals surface area (Å²) >= 11 is 1.45. The van der Waals surface area contributed by atoms with Gasteiger partial charge in [-0.05, 0) is 48.2 Å². The standard InChI is InChI=1S/C15H17NO3S/c1-11-7-10-20-14(11)15(17)16-8-9-19-13-5-3-12(18-2)4-6-13/h3-7,10H,8-9H2,1-2H3,(H,16,17). The highest BCUT2D eigenvalue weighted by Crippen LogP contribution is 2.17. The second-order valence-electron chi connectivity index (χ2n) is 4.21. The van der Waals surface area contributed by atoms with Gasteiger partial charge in [-0.15, -0.1) is 11.3 Å². The highest BCUT2D eigenvalue weighted by Gasteiger charge is 2.09. The van der Waals surface area contributed by atoms with Crippen molar-refractivity contribution in [1.82, 2.24) is 5.32 Å². The normalized spacial score (nSPS) is 10.1. The van der Waals surface area contributed by atoms with Crippen molar-refractivity contribution in [2.75, 3.05) is 20.3 Å². The fraction of sp³-hybridized carbons (Fsp3) is 0.267. The number of carbonyl (C=O) groups is 1. The number of methoxy groups -OCH3 is 1. The summed E-state index contributed by atoms with van der Waals surface area (Å²) in [7, 11) is 1.62. The van der Waals surface area contributed by atoms with Crippen LogP contribution in [0.2, 0.25) is 0 Å². The van der Waals surface area contributed by atoms with E-state index < -0.39 is 0 Å². The number of benzene rings is 1. The second-order valence-corrected chi connectivity index (χ2v) is 5.13. The lowest BCUT2D eigenvalue weighted by Crippen LogP contribution is -2.27. The molecule has 1 amide bonds. The van der Waals surface area contributed by atoms with Gasteiger partial charge in [-0.25, -0.2) is 0 Å². The average molecular weight is 291 g/mol. The monoisotopic (exact) mass is 291 g/mol. The van der Waals surface area contributed by atoms with Crippen molar-refractivity contribution in [2.24, 2.45) is 0 Å². The maximum absolute atomic E-state index is 11.8. The third-order valence-electron chi connectivity index (χ3n) is 2.78. The molecule has 0 radical (unpaired) electrons. The maximum atomic E-state index is 11.8. The van der Waals surface area contributed by atoms with Gasteiger partial charge in [-0.2, -0.15) is 0 Å². The molecule has 0 aliphatic heterocycles. The predicted molar refractivity (Wildman–Crippen MR) is 79.9 cm³/mol. The Balaban J connectivity index is 1.73. The zero-order valence-electron chi connectivity index (χ0n) is 11.5. The summed E-state index contributed by atoms with van der Waals surface area (Å²) in [6, 6.07) is 9.29. The molecule has 0 fully saturated rings. The molecule has 0 saturated carbocycles. The topological polar surface area (TPSA) is 47.6 Å². The molecule has 0 atom stereocenters. The summed E-state index contributed by atoms with van der Waals surface area (Å²) in [5.41, 5.74) is 1.00. The number of hydrogen-bond acceptors (Lipinski definition) is 4. The Labute approximate surface area is 122 Å². The van der Waals surface area contributed by atoms with Gasteiger partial charge >= 0.3 is 0 Å². The molecule has 0 saturated heterocycles. The Hall–Kier alpha value is -2.01. The third-order valence-corrected chi connectivity index (χ3v) is 3.80. The lowest BCUT2D eigenvalue weighted by atomic mass is 10.3. The summed E-state index contributed by atoms with van der Waals surface area (Å²) < 4.78 is 10.6. The largest absolute Gasteiger partial charge is 0.497 e. The Bertz CT molecular complexity index is 563. The van der Waals surface area contributed by atoms with Gasteiger partial charge in [0, 0.05) is 0 Å². The summed E-state index contributed by atoms with van der Waals surface area (Å²) in [6.45, 7) is 2.84. The van der Waals surface area contributed by atoms with Gasteiger partial charge in [-0.1, -0.05) is 0 Å². The minimum absolute atomic E-state index is 0.0455. The molecule has 1 aromatic carbocycles. The van der Waals surface area contributed by atoms with E-state index in [4.69, 9.17) is 9.47 Å². The average Bonchev–Trinajstić information content (AvgIpc) is 2.90. The number of amides is 1. The van der Waals surface area contributed by atoms with Crippen LogP contribution in [-0.2, 0) is 0 Å². The van der Waals surface area contributed by atoms with Gasteiger partial charge in [-0.3, -0.25) is 4.79 Å². The second kappa shape index (κ2) is 6.96. The van der Waals surface area contributed by atoms with Crippen LogP contribution in [-0.4, -0.2) is 26.2 Å². The van der Waals surface area contributed by atoms with E-state index in [0.29, 0.717) is 13.2 Å². The fourth-order valence-corrected chi connectivity index (χ4v) is 2.53. The number of ether oxygens (including phenoxy) is 2.